The Hall–Kier alpha value is -1.46. The smallest absolute Gasteiger partial charge is 0.143 e. The van der Waals surface area contributed by atoms with Crippen molar-refractivity contribution in [3.63, 3.8) is 0 Å². The van der Waals surface area contributed by atoms with E-state index in [0.29, 0.717) is 6.54 Å². The highest BCUT2D eigenvalue weighted by Gasteiger charge is 2.03. The van der Waals surface area contributed by atoms with Crippen LogP contribution in [0.25, 0.3) is 5.69 Å². The Labute approximate surface area is 85.8 Å². The van der Waals surface area contributed by atoms with Crippen molar-refractivity contribution in [2.45, 2.75) is 6.54 Å². The molecule has 2 rings (SSSR count). The van der Waals surface area contributed by atoms with E-state index in [0.717, 1.165) is 11.3 Å². The van der Waals surface area contributed by atoms with Gasteiger partial charge in [-0.2, -0.15) is 0 Å². The van der Waals surface area contributed by atoms with Gasteiger partial charge in [-0.15, -0.1) is 5.10 Å². The highest BCUT2D eigenvalue weighted by Crippen LogP contribution is 2.12. The fourth-order valence-corrected chi connectivity index (χ4v) is 1.37. The molecule has 0 atom stereocenters. The molecule has 0 amide bonds. The Kier molecular flexibility index (Phi) is 2.71. The minimum Gasteiger partial charge on any atom is -0.229 e. The number of nitrogens with one attached hydrogen (secondary N) is 1. The summed E-state index contributed by atoms with van der Waals surface area (Å²) in [7, 11) is 0. The second kappa shape index (κ2) is 4.17. The third kappa shape index (κ3) is 1.73. The van der Waals surface area contributed by atoms with Gasteiger partial charge in [0.15, 0.2) is 0 Å². The van der Waals surface area contributed by atoms with Gasteiger partial charge in [0.2, 0.25) is 0 Å². The fraction of sp³-hybridized carbons (Fsp3) is 0.125. The van der Waals surface area contributed by atoms with E-state index in [-0.39, 0.29) is 0 Å². The molecule has 1 heterocycles. The summed E-state index contributed by atoms with van der Waals surface area (Å²) in [5.74, 6) is 0. The van der Waals surface area contributed by atoms with E-state index in [1.165, 1.54) is 0 Å². The minimum atomic E-state index is 0.567. The predicted molar refractivity (Wildman–Crippen MR) is 51.8 cm³/mol. The molecule has 1 aromatic carbocycles. The maximum Gasteiger partial charge on any atom is 0.143 e. The quantitative estimate of drug-likeness (QED) is 0.764. The molecule has 0 bridgehead atoms. The highest BCUT2D eigenvalue weighted by atomic mass is 35.5. The molecule has 6 heteroatoms. The molecule has 72 valence electrons. The first-order valence-corrected chi connectivity index (χ1v) is 4.44. The Bertz CT molecular complexity index is 400. The number of tetrazole rings is 1. The average molecular weight is 210 g/mol. The van der Waals surface area contributed by atoms with E-state index in [1.807, 2.05) is 24.3 Å². The largest absolute Gasteiger partial charge is 0.229 e. The molecule has 0 saturated heterocycles. The summed E-state index contributed by atoms with van der Waals surface area (Å²) in [5.41, 5.74) is 1.96. The molecule has 0 aliphatic heterocycles. The van der Waals surface area contributed by atoms with Crippen LogP contribution in [-0.4, -0.2) is 20.2 Å². The first-order chi connectivity index (χ1) is 6.92. The standard InChI is InChI=1S/C8H8ClN5/c9-10-5-7-3-1-2-4-8(7)14-6-11-12-13-14/h1-4,6,10H,5H2. The van der Waals surface area contributed by atoms with Crippen LogP contribution < -0.4 is 4.84 Å². The molecule has 0 aliphatic rings. The number of hydrogen-bond donors (Lipinski definition) is 1. The number of para-hydroxylation sites is 1. The van der Waals surface area contributed by atoms with Crippen molar-refractivity contribution in [1.29, 1.82) is 0 Å². The Morgan fingerprint density at radius 3 is 2.93 bits per heavy atom. The molecular weight excluding hydrogens is 202 g/mol. The summed E-state index contributed by atoms with van der Waals surface area (Å²) in [6, 6.07) is 7.76. The minimum absolute atomic E-state index is 0.567. The highest BCUT2D eigenvalue weighted by molar-refractivity contribution is 6.13. The van der Waals surface area contributed by atoms with Crippen molar-refractivity contribution in [1.82, 2.24) is 25.0 Å². The topological polar surface area (TPSA) is 55.6 Å². The number of nitrogens with zero attached hydrogens (tertiary/aromatic N) is 4. The number of halogens is 1. The zero-order valence-electron chi connectivity index (χ0n) is 7.26. The molecule has 0 spiro atoms. The van der Waals surface area contributed by atoms with Crippen LogP contribution in [0.4, 0.5) is 0 Å². The Morgan fingerprint density at radius 1 is 1.36 bits per heavy atom. The second-order valence-electron chi connectivity index (χ2n) is 2.69. The zero-order valence-corrected chi connectivity index (χ0v) is 8.02. The van der Waals surface area contributed by atoms with E-state index in [2.05, 4.69) is 20.4 Å². The molecule has 14 heavy (non-hydrogen) atoms. The average Bonchev–Trinajstić information content (AvgIpc) is 2.72. The van der Waals surface area contributed by atoms with E-state index < -0.39 is 0 Å². The molecule has 2 aromatic rings. The summed E-state index contributed by atoms with van der Waals surface area (Å²) in [4.78, 5) is 2.58. The van der Waals surface area contributed by atoms with Crippen molar-refractivity contribution in [3.8, 4) is 5.69 Å². The first kappa shape index (κ1) is 9.11. The zero-order chi connectivity index (χ0) is 9.80. The van der Waals surface area contributed by atoms with Gasteiger partial charge in [0.1, 0.15) is 6.33 Å². The molecule has 1 aromatic heterocycles. The van der Waals surface area contributed by atoms with Gasteiger partial charge in [0, 0.05) is 6.54 Å². The fourth-order valence-electron chi connectivity index (χ4n) is 1.23. The predicted octanol–water partition coefficient (Wildman–Crippen LogP) is 0.906. The lowest BCUT2D eigenvalue weighted by Gasteiger charge is -2.05. The third-order valence-corrected chi connectivity index (χ3v) is 1.98. The van der Waals surface area contributed by atoms with Gasteiger partial charge >= 0.3 is 0 Å². The van der Waals surface area contributed by atoms with Crippen molar-refractivity contribution in [3.05, 3.63) is 36.2 Å². The molecule has 0 radical (unpaired) electrons. The van der Waals surface area contributed by atoms with Gasteiger partial charge in [0.25, 0.3) is 0 Å². The van der Waals surface area contributed by atoms with Gasteiger partial charge < -0.3 is 0 Å². The lowest BCUT2D eigenvalue weighted by Crippen LogP contribution is -2.05. The summed E-state index contributed by atoms with van der Waals surface area (Å²) >= 11 is 5.46. The van der Waals surface area contributed by atoms with Crippen molar-refractivity contribution < 1.29 is 0 Å². The van der Waals surface area contributed by atoms with Gasteiger partial charge in [0.05, 0.1) is 5.69 Å². The third-order valence-electron chi connectivity index (χ3n) is 1.84. The first-order valence-electron chi connectivity index (χ1n) is 4.06. The SMILES string of the molecule is ClNCc1ccccc1-n1cnnn1. The van der Waals surface area contributed by atoms with Crippen LogP contribution in [0.3, 0.4) is 0 Å². The molecule has 1 N–H and O–H groups in total. The van der Waals surface area contributed by atoms with Crippen LogP contribution in [0.5, 0.6) is 0 Å². The van der Waals surface area contributed by atoms with Crippen molar-refractivity contribution in [2.24, 2.45) is 0 Å². The number of hydrogen-bond acceptors (Lipinski definition) is 4. The van der Waals surface area contributed by atoms with Crippen molar-refractivity contribution >= 4 is 11.8 Å². The van der Waals surface area contributed by atoms with E-state index in [4.69, 9.17) is 11.8 Å². The molecule has 0 unspecified atom stereocenters. The van der Waals surface area contributed by atoms with Gasteiger partial charge in [-0.3, -0.25) is 0 Å². The lowest BCUT2D eigenvalue weighted by atomic mass is 10.2. The Balaban J connectivity index is 2.42. The van der Waals surface area contributed by atoms with E-state index >= 15 is 0 Å². The van der Waals surface area contributed by atoms with Gasteiger partial charge in [-0.25, -0.2) is 9.52 Å². The maximum absolute atomic E-state index is 5.46. The summed E-state index contributed by atoms with van der Waals surface area (Å²) in [5, 5.41) is 11.0. The number of benzene rings is 1. The summed E-state index contributed by atoms with van der Waals surface area (Å²) < 4.78 is 1.60. The molecule has 0 aliphatic carbocycles. The van der Waals surface area contributed by atoms with E-state index in [9.17, 15) is 0 Å². The lowest BCUT2D eigenvalue weighted by molar-refractivity contribution is 0.776. The van der Waals surface area contributed by atoms with Crippen LogP contribution in [-0.2, 0) is 6.54 Å². The molecule has 0 saturated carbocycles. The molecular formula is C8H8ClN5. The van der Waals surface area contributed by atoms with Crippen LogP contribution in [0.15, 0.2) is 30.6 Å². The Morgan fingerprint density at radius 2 is 2.21 bits per heavy atom. The monoisotopic (exact) mass is 209 g/mol. The van der Waals surface area contributed by atoms with Gasteiger partial charge in [-0.05, 0) is 33.8 Å². The van der Waals surface area contributed by atoms with Crippen LogP contribution >= 0.6 is 11.8 Å². The molecule has 0 fully saturated rings. The maximum atomic E-state index is 5.46. The normalized spacial score (nSPS) is 10.4. The number of rotatable bonds is 3. The van der Waals surface area contributed by atoms with Crippen LogP contribution in [0.2, 0.25) is 0 Å². The number of aromatic nitrogens is 4. The van der Waals surface area contributed by atoms with Crippen LogP contribution in [0, 0.1) is 0 Å². The molecule has 5 nitrogen and oxygen atoms in total. The summed E-state index contributed by atoms with van der Waals surface area (Å²) in [6.07, 6.45) is 1.55. The summed E-state index contributed by atoms with van der Waals surface area (Å²) in [6.45, 7) is 0.567. The second-order valence-corrected chi connectivity index (χ2v) is 2.96. The van der Waals surface area contributed by atoms with Crippen molar-refractivity contribution in [2.75, 3.05) is 0 Å². The van der Waals surface area contributed by atoms with E-state index in [1.54, 1.807) is 11.0 Å². The van der Waals surface area contributed by atoms with Gasteiger partial charge in [-0.1, -0.05) is 18.2 Å². The van der Waals surface area contributed by atoms with Crippen LogP contribution in [0.1, 0.15) is 5.56 Å².